The average Bonchev–Trinajstić information content (AvgIpc) is 3.22. The summed E-state index contributed by atoms with van der Waals surface area (Å²) < 4.78 is 11.4. The van der Waals surface area contributed by atoms with E-state index in [9.17, 15) is 0 Å². The fourth-order valence-corrected chi connectivity index (χ4v) is 4.23. The first-order valence-electron chi connectivity index (χ1n) is 9.59. The predicted octanol–water partition coefficient (Wildman–Crippen LogP) is 3.71. The first-order valence-corrected chi connectivity index (χ1v) is 9.59. The number of rotatable bonds is 3. The molecule has 0 N–H and O–H groups in total. The van der Waals surface area contributed by atoms with Crippen molar-refractivity contribution in [1.82, 2.24) is 9.97 Å². The van der Waals surface area contributed by atoms with Crippen LogP contribution in [0.3, 0.4) is 0 Å². The second-order valence-corrected chi connectivity index (χ2v) is 7.25. The number of morpholine rings is 1. The molecule has 5 nitrogen and oxygen atoms in total. The van der Waals surface area contributed by atoms with E-state index in [0.29, 0.717) is 6.61 Å². The Kier molecular flexibility index (Phi) is 4.17. The molecule has 27 heavy (non-hydrogen) atoms. The monoisotopic (exact) mass is 361 g/mol. The lowest BCUT2D eigenvalue weighted by Gasteiger charge is -2.35. The van der Waals surface area contributed by atoms with Gasteiger partial charge in [-0.05, 0) is 53.8 Å². The van der Waals surface area contributed by atoms with Crippen molar-refractivity contribution in [2.75, 3.05) is 31.7 Å². The number of ether oxygens (including phenoxy) is 2. The minimum atomic E-state index is 0.0530. The van der Waals surface area contributed by atoms with Crippen LogP contribution in [-0.2, 0) is 17.6 Å². The molecular formula is C22H23N3O2. The molecule has 5 heteroatoms. The molecule has 0 spiro atoms. The number of nitrogens with zero attached hydrogens (tertiary/aromatic N) is 3. The minimum Gasteiger partial charge on any atom is -0.497 e. The lowest BCUT2D eigenvalue weighted by Crippen LogP contribution is -2.39. The maximum atomic E-state index is 6.12. The van der Waals surface area contributed by atoms with E-state index in [-0.39, 0.29) is 6.10 Å². The maximum Gasteiger partial charge on any atom is 0.135 e. The predicted molar refractivity (Wildman–Crippen MR) is 105 cm³/mol. The summed E-state index contributed by atoms with van der Waals surface area (Å²) in [4.78, 5) is 11.5. The van der Waals surface area contributed by atoms with Gasteiger partial charge in [0.05, 0.1) is 13.7 Å². The zero-order valence-corrected chi connectivity index (χ0v) is 15.5. The van der Waals surface area contributed by atoms with E-state index in [1.807, 2.05) is 6.07 Å². The van der Waals surface area contributed by atoms with Gasteiger partial charge in [-0.3, -0.25) is 0 Å². The first-order chi connectivity index (χ1) is 13.3. The van der Waals surface area contributed by atoms with Gasteiger partial charge in [0, 0.05) is 24.3 Å². The standard InChI is InChI=1S/C22H23N3O2/c1-26-18-8-7-15-11-17(6-5-16(15)12-18)21-13-25(9-10-27-21)22-19-3-2-4-20(19)23-14-24-22/h5-8,11-12,14,21H,2-4,9-10,13H2,1H3/t21-/m1/s1. The van der Waals surface area contributed by atoms with E-state index in [1.165, 1.54) is 34.0 Å². The van der Waals surface area contributed by atoms with E-state index in [1.54, 1.807) is 13.4 Å². The molecule has 0 bridgehead atoms. The fraction of sp³-hybridized carbons (Fsp3) is 0.364. The summed E-state index contributed by atoms with van der Waals surface area (Å²) in [6.07, 6.45) is 5.12. The van der Waals surface area contributed by atoms with Gasteiger partial charge in [-0.1, -0.05) is 18.2 Å². The molecule has 1 atom stereocenters. The van der Waals surface area contributed by atoms with Crippen LogP contribution in [0.15, 0.2) is 42.7 Å². The normalized spacial score (nSPS) is 19.3. The summed E-state index contributed by atoms with van der Waals surface area (Å²) in [7, 11) is 1.70. The Morgan fingerprint density at radius 2 is 1.96 bits per heavy atom. The highest BCUT2D eigenvalue weighted by Crippen LogP contribution is 2.32. The first kappa shape index (κ1) is 16.5. The molecule has 138 valence electrons. The van der Waals surface area contributed by atoms with Gasteiger partial charge in [-0.15, -0.1) is 0 Å². The SMILES string of the molecule is COc1ccc2cc([C@H]3CN(c4ncnc5c4CCC5)CCO3)ccc2c1. The molecule has 0 radical (unpaired) electrons. The molecular weight excluding hydrogens is 338 g/mol. The number of methoxy groups -OCH3 is 1. The molecule has 3 aromatic rings. The summed E-state index contributed by atoms with van der Waals surface area (Å²) >= 11 is 0. The molecule has 1 fully saturated rings. The molecule has 1 aromatic heterocycles. The number of anilines is 1. The third kappa shape index (κ3) is 3.02. The number of fused-ring (bicyclic) bond motifs is 2. The Morgan fingerprint density at radius 1 is 1.07 bits per heavy atom. The van der Waals surface area contributed by atoms with Crippen LogP contribution in [-0.4, -0.2) is 36.8 Å². The van der Waals surface area contributed by atoms with E-state index in [0.717, 1.165) is 37.5 Å². The molecule has 2 aromatic carbocycles. The summed E-state index contributed by atoms with van der Waals surface area (Å²) in [5, 5.41) is 2.39. The molecule has 2 heterocycles. The molecule has 1 aliphatic heterocycles. The van der Waals surface area contributed by atoms with Gasteiger partial charge in [0.15, 0.2) is 0 Å². The number of aryl methyl sites for hydroxylation is 1. The Labute approximate surface area is 159 Å². The van der Waals surface area contributed by atoms with Crippen molar-refractivity contribution in [3.8, 4) is 5.75 Å². The zero-order valence-electron chi connectivity index (χ0n) is 15.5. The average molecular weight is 361 g/mol. The summed E-state index contributed by atoms with van der Waals surface area (Å²) in [5.74, 6) is 1.99. The zero-order chi connectivity index (χ0) is 18.2. The third-order valence-corrected chi connectivity index (χ3v) is 5.66. The van der Waals surface area contributed by atoms with E-state index < -0.39 is 0 Å². The third-order valence-electron chi connectivity index (χ3n) is 5.66. The molecule has 0 saturated carbocycles. The minimum absolute atomic E-state index is 0.0530. The summed E-state index contributed by atoms with van der Waals surface area (Å²) in [5.41, 5.74) is 3.77. The van der Waals surface area contributed by atoms with Crippen LogP contribution in [0.2, 0.25) is 0 Å². The van der Waals surface area contributed by atoms with E-state index >= 15 is 0 Å². The van der Waals surface area contributed by atoms with Gasteiger partial charge >= 0.3 is 0 Å². The van der Waals surface area contributed by atoms with E-state index in [4.69, 9.17) is 9.47 Å². The highest BCUT2D eigenvalue weighted by Gasteiger charge is 2.27. The lowest BCUT2D eigenvalue weighted by atomic mass is 10.0. The van der Waals surface area contributed by atoms with Crippen LogP contribution in [0, 0.1) is 0 Å². The van der Waals surface area contributed by atoms with Crippen molar-refractivity contribution in [2.24, 2.45) is 0 Å². The topological polar surface area (TPSA) is 47.5 Å². The number of aromatic nitrogens is 2. The van der Waals surface area contributed by atoms with Crippen molar-refractivity contribution in [3.05, 3.63) is 59.5 Å². The largest absolute Gasteiger partial charge is 0.497 e. The van der Waals surface area contributed by atoms with Gasteiger partial charge in [0.2, 0.25) is 0 Å². The Bertz CT molecular complexity index is 988. The fourth-order valence-electron chi connectivity index (χ4n) is 4.23. The van der Waals surface area contributed by atoms with Crippen molar-refractivity contribution >= 4 is 16.6 Å². The number of benzene rings is 2. The molecule has 0 unspecified atom stereocenters. The Hall–Kier alpha value is -2.66. The van der Waals surface area contributed by atoms with Crippen LogP contribution in [0.25, 0.3) is 10.8 Å². The van der Waals surface area contributed by atoms with Crippen LogP contribution in [0.1, 0.15) is 29.3 Å². The summed E-state index contributed by atoms with van der Waals surface area (Å²) in [6, 6.07) is 12.7. The van der Waals surface area contributed by atoms with Crippen molar-refractivity contribution in [1.29, 1.82) is 0 Å². The van der Waals surface area contributed by atoms with Crippen molar-refractivity contribution < 1.29 is 9.47 Å². The Morgan fingerprint density at radius 3 is 2.89 bits per heavy atom. The van der Waals surface area contributed by atoms with Gasteiger partial charge in [-0.2, -0.15) is 0 Å². The van der Waals surface area contributed by atoms with Crippen molar-refractivity contribution in [2.45, 2.75) is 25.4 Å². The van der Waals surface area contributed by atoms with Gasteiger partial charge in [-0.25, -0.2) is 9.97 Å². The van der Waals surface area contributed by atoms with Crippen LogP contribution >= 0.6 is 0 Å². The highest BCUT2D eigenvalue weighted by atomic mass is 16.5. The van der Waals surface area contributed by atoms with Crippen LogP contribution < -0.4 is 9.64 Å². The van der Waals surface area contributed by atoms with Crippen LogP contribution in [0.4, 0.5) is 5.82 Å². The smallest absolute Gasteiger partial charge is 0.135 e. The lowest BCUT2D eigenvalue weighted by molar-refractivity contribution is 0.0395. The van der Waals surface area contributed by atoms with Gasteiger partial charge < -0.3 is 14.4 Å². The van der Waals surface area contributed by atoms with Crippen molar-refractivity contribution in [3.63, 3.8) is 0 Å². The highest BCUT2D eigenvalue weighted by molar-refractivity contribution is 5.84. The molecule has 1 saturated heterocycles. The molecule has 5 rings (SSSR count). The number of hydrogen-bond donors (Lipinski definition) is 0. The molecule has 2 aliphatic rings. The second kappa shape index (κ2) is 6.82. The quantitative estimate of drug-likeness (QED) is 0.712. The summed E-state index contributed by atoms with van der Waals surface area (Å²) in [6.45, 7) is 2.42. The van der Waals surface area contributed by atoms with E-state index in [2.05, 4.69) is 45.2 Å². The molecule has 1 aliphatic carbocycles. The van der Waals surface area contributed by atoms with Gasteiger partial charge in [0.1, 0.15) is 24.0 Å². The maximum absolute atomic E-state index is 6.12. The second-order valence-electron chi connectivity index (χ2n) is 7.25. The van der Waals surface area contributed by atoms with Gasteiger partial charge in [0.25, 0.3) is 0 Å². The number of hydrogen-bond acceptors (Lipinski definition) is 5. The molecule has 0 amide bonds. The Balaban J connectivity index is 1.43. The van der Waals surface area contributed by atoms with Crippen LogP contribution in [0.5, 0.6) is 5.75 Å².